The molecule has 1 amide bonds. The highest BCUT2D eigenvalue weighted by atomic mass is 35.5. The quantitative estimate of drug-likeness (QED) is 0.683. The molecule has 0 aliphatic carbocycles. The van der Waals surface area contributed by atoms with E-state index >= 15 is 0 Å². The zero-order valence-electron chi connectivity index (χ0n) is 14.3. The summed E-state index contributed by atoms with van der Waals surface area (Å²) in [4.78, 5) is 11.9. The van der Waals surface area contributed by atoms with Crippen molar-refractivity contribution in [2.75, 3.05) is 6.54 Å². The minimum atomic E-state index is 0. The molecule has 1 aromatic rings. The molecule has 1 rings (SSSR count). The van der Waals surface area contributed by atoms with Crippen molar-refractivity contribution in [3.63, 3.8) is 0 Å². The van der Waals surface area contributed by atoms with Crippen molar-refractivity contribution in [3.05, 3.63) is 17.0 Å². The van der Waals surface area contributed by atoms with Crippen LogP contribution in [0.4, 0.5) is 0 Å². The molecule has 1 heterocycles. The van der Waals surface area contributed by atoms with Crippen LogP contribution in [0.25, 0.3) is 0 Å². The minimum Gasteiger partial charge on any atom is -0.353 e. The van der Waals surface area contributed by atoms with Gasteiger partial charge in [0.15, 0.2) is 0 Å². The summed E-state index contributed by atoms with van der Waals surface area (Å²) >= 11 is 0. The number of unbranched alkanes of at least 4 members (excludes halogenated alkanes) is 3. The number of amides is 1. The Kier molecular flexibility index (Phi) is 10.1. The molecule has 22 heavy (non-hydrogen) atoms. The summed E-state index contributed by atoms with van der Waals surface area (Å²) in [7, 11) is 1.95. The first kappa shape index (κ1) is 20.9. The third kappa shape index (κ3) is 6.79. The molecule has 0 aromatic carbocycles. The molecule has 0 aliphatic heterocycles. The summed E-state index contributed by atoms with van der Waals surface area (Å²) in [6, 6.07) is 0.142. The maximum atomic E-state index is 11.9. The van der Waals surface area contributed by atoms with Crippen LogP contribution in [0, 0.1) is 13.8 Å². The fourth-order valence-corrected chi connectivity index (χ4v) is 2.60. The Morgan fingerprint density at radius 3 is 2.45 bits per heavy atom. The lowest BCUT2D eigenvalue weighted by atomic mass is 10.0. The summed E-state index contributed by atoms with van der Waals surface area (Å²) < 4.78 is 1.90. The van der Waals surface area contributed by atoms with Gasteiger partial charge in [0.2, 0.25) is 5.91 Å². The molecule has 0 saturated carbocycles. The van der Waals surface area contributed by atoms with Crippen LogP contribution in [0.15, 0.2) is 0 Å². The third-order valence-corrected chi connectivity index (χ3v) is 3.93. The van der Waals surface area contributed by atoms with Crippen LogP contribution in [0.1, 0.15) is 56.0 Å². The van der Waals surface area contributed by atoms with Gasteiger partial charge in [-0.05, 0) is 52.1 Å². The minimum absolute atomic E-state index is 0. The van der Waals surface area contributed by atoms with Crippen LogP contribution < -0.4 is 11.1 Å². The highest BCUT2D eigenvalue weighted by Gasteiger charge is 2.14. The number of hydrogen-bond donors (Lipinski definition) is 2. The van der Waals surface area contributed by atoms with E-state index in [1.165, 1.54) is 11.3 Å². The van der Waals surface area contributed by atoms with Crippen LogP contribution in [0.5, 0.6) is 0 Å². The molecule has 128 valence electrons. The van der Waals surface area contributed by atoms with E-state index in [9.17, 15) is 4.79 Å². The summed E-state index contributed by atoms with van der Waals surface area (Å²) in [5.41, 5.74) is 8.92. The van der Waals surface area contributed by atoms with Gasteiger partial charge in [0.25, 0.3) is 0 Å². The van der Waals surface area contributed by atoms with E-state index in [4.69, 9.17) is 5.73 Å². The van der Waals surface area contributed by atoms with E-state index in [2.05, 4.69) is 24.3 Å². The average Bonchev–Trinajstić information content (AvgIpc) is 2.65. The fourth-order valence-electron chi connectivity index (χ4n) is 2.60. The number of nitrogens with zero attached hydrogens (tertiary/aromatic N) is 2. The zero-order valence-corrected chi connectivity index (χ0v) is 15.1. The van der Waals surface area contributed by atoms with Crippen LogP contribution in [-0.4, -0.2) is 28.3 Å². The number of aryl methyl sites for hydroxylation is 2. The summed E-state index contributed by atoms with van der Waals surface area (Å²) in [5.74, 6) is 0.148. The van der Waals surface area contributed by atoms with Gasteiger partial charge in [0.05, 0.1) is 5.69 Å². The Labute approximate surface area is 140 Å². The van der Waals surface area contributed by atoms with Crippen LogP contribution in [0.2, 0.25) is 0 Å². The Balaban J connectivity index is 0.00000441. The number of nitrogens with two attached hydrogens (primary N) is 1. The van der Waals surface area contributed by atoms with Crippen LogP contribution in [0.3, 0.4) is 0 Å². The lowest BCUT2D eigenvalue weighted by Crippen LogP contribution is -2.34. The van der Waals surface area contributed by atoms with Gasteiger partial charge in [-0.15, -0.1) is 12.4 Å². The molecule has 0 bridgehead atoms. The van der Waals surface area contributed by atoms with Crippen LogP contribution >= 0.6 is 12.4 Å². The molecule has 1 atom stereocenters. The van der Waals surface area contributed by atoms with Gasteiger partial charge < -0.3 is 11.1 Å². The lowest BCUT2D eigenvalue weighted by molar-refractivity contribution is -0.121. The Hall–Kier alpha value is -1.07. The highest BCUT2D eigenvalue weighted by Crippen LogP contribution is 2.14. The Morgan fingerprint density at radius 2 is 1.91 bits per heavy atom. The Bertz CT molecular complexity index is 459. The number of carbonyl (C=O) groups is 1. The highest BCUT2D eigenvalue weighted by molar-refractivity contribution is 5.85. The van der Waals surface area contributed by atoms with E-state index in [1.54, 1.807) is 0 Å². The predicted octanol–water partition coefficient (Wildman–Crippen LogP) is 2.42. The van der Waals surface area contributed by atoms with Crippen molar-refractivity contribution >= 4 is 18.3 Å². The first-order valence-electron chi connectivity index (χ1n) is 7.94. The van der Waals surface area contributed by atoms with Gasteiger partial charge >= 0.3 is 0 Å². The average molecular weight is 331 g/mol. The van der Waals surface area contributed by atoms with Gasteiger partial charge in [-0.2, -0.15) is 5.10 Å². The van der Waals surface area contributed by atoms with E-state index in [0.29, 0.717) is 6.42 Å². The summed E-state index contributed by atoms with van der Waals surface area (Å²) in [5, 5.41) is 7.50. The van der Waals surface area contributed by atoms with Crippen molar-refractivity contribution in [3.8, 4) is 0 Å². The summed E-state index contributed by atoms with van der Waals surface area (Å²) in [6.45, 7) is 6.89. The second-order valence-corrected chi connectivity index (χ2v) is 5.90. The van der Waals surface area contributed by atoms with Crippen molar-refractivity contribution in [1.29, 1.82) is 0 Å². The van der Waals surface area contributed by atoms with Crippen LogP contribution in [-0.2, 0) is 18.3 Å². The van der Waals surface area contributed by atoms with Gasteiger partial charge in [0, 0.05) is 25.2 Å². The van der Waals surface area contributed by atoms with E-state index in [0.717, 1.165) is 44.3 Å². The number of hydrogen-bond acceptors (Lipinski definition) is 3. The van der Waals surface area contributed by atoms with Gasteiger partial charge in [0.1, 0.15) is 0 Å². The predicted molar refractivity (Wildman–Crippen MR) is 93.4 cm³/mol. The number of rotatable bonds is 9. The topological polar surface area (TPSA) is 72.9 Å². The molecule has 0 radical (unpaired) electrons. The van der Waals surface area contributed by atoms with Crippen molar-refractivity contribution in [2.45, 2.75) is 65.3 Å². The standard InChI is InChI=1S/C16H30N4O.ClH/c1-12(11-15-13(2)19-20(4)14(15)3)18-16(21)9-7-5-6-8-10-17;/h12H,5-11,17H2,1-4H3,(H,18,21);1H. The molecule has 1 unspecified atom stereocenters. The van der Waals surface area contributed by atoms with E-state index in [1.807, 2.05) is 18.7 Å². The fraction of sp³-hybridized carbons (Fsp3) is 0.750. The SMILES string of the molecule is Cc1nn(C)c(C)c1CC(C)NC(=O)CCCCCCN.Cl. The molecule has 3 N–H and O–H groups in total. The van der Waals surface area contributed by atoms with Crippen molar-refractivity contribution in [1.82, 2.24) is 15.1 Å². The molecule has 5 nitrogen and oxygen atoms in total. The lowest BCUT2D eigenvalue weighted by Gasteiger charge is -2.14. The van der Waals surface area contributed by atoms with Crippen molar-refractivity contribution < 1.29 is 4.79 Å². The third-order valence-electron chi connectivity index (χ3n) is 3.93. The van der Waals surface area contributed by atoms with Gasteiger partial charge in [-0.3, -0.25) is 9.48 Å². The molecular weight excluding hydrogens is 300 g/mol. The van der Waals surface area contributed by atoms with E-state index in [-0.39, 0.29) is 24.4 Å². The molecule has 1 aromatic heterocycles. The monoisotopic (exact) mass is 330 g/mol. The number of halogens is 1. The number of carbonyl (C=O) groups excluding carboxylic acids is 1. The van der Waals surface area contributed by atoms with Gasteiger partial charge in [-0.25, -0.2) is 0 Å². The van der Waals surface area contributed by atoms with E-state index < -0.39 is 0 Å². The molecule has 0 spiro atoms. The maximum Gasteiger partial charge on any atom is 0.220 e. The van der Waals surface area contributed by atoms with Gasteiger partial charge in [-0.1, -0.05) is 12.8 Å². The second kappa shape index (κ2) is 10.6. The summed E-state index contributed by atoms with van der Waals surface area (Å²) in [6.07, 6.45) is 5.65. The second-order valence-electron chi connectivity index (χ2n) is 5.90. The molecule has 0 saturated heterocycles. The Morgan fingerprint density at radius 1 is 1.27 bits per heavy atom. The molecule has 0 fully saturated rings. The number of nitrogens with one attached hydrogen (secondary N) is 1. The largest absolute Gasteiger partial charge is 0.353 e. The zero-order chi connectivity index (χ0) is 15.8. The van der Waals surface area contributed by atoms with Crippen molar-refractivity contribution in [2.24, 2.45) is 12.8 Å². The molecule has 6 heteroatoms. The molecule has 0 aliphatic rings. The number of aromatic nitrogens is 2. The normalized spacial score (nSPS) is 11.9. The first-order chi connectivity index (χ1) is 9.95. The molecular formula is C16H31ClN4O. The first-order valence-corrected chi connectivity index (χ1v) is 7.94. The smallest absolute Gasteiger partial charge is 0.220 e. The maximum absolute atomic E-state index is 11.9.